The lowest BCUT2D eigenvalue weighted by Crippen LogP contribution is -2.36. The molecule has 0 saturated carbocycles. The van der Waals surface area contributed by atoms with Crippen LogP contribution in [0.15, 0.2) is 36.9 Å². The predicted octanol–water partition coefficient (Wildman–Crippen LogP) is 2.37. The third kappa shape index (κ3) is 3.42. The number of likely N-dealkylation sites (tertiary alicyclic amines) is 1. The highest BCUT2D eigenvalue weighted by Gasteiger charge is 2.18. The van der Waals surface area contributed by atoms with Crippen LogP contribution in [0.4, 0.5) is 0 Å². The van der Waals surface area contributed by atoms with Crippen LogP contribution in [0.3, 0.4) is 0 Å². The van der Waals surface area contributed by atoms with Gasteiger partial charge in [-0.1, -0.05) is 36.9 Å². The van der Waals surface area contributed by atoms with E-state index in [2.05, 4.69) is 35.7 Å². The highest BCUT2D eigenvalue weighted by atomic mass is 15.1. The van der Waals surface area contributed by atoms with Gasteiger partial charge in [-0.2, -0.15) is 0 Å². The van der Waals surface area contributed by atoms with Crippen LogP contribution in [-0.4, -0.2) is 31.1 Å². The Hall–Kier alpha value is -1.12. The van der Waals surface area contributed by atoms with E-state index >= 15 is 0 Å². The van der Waals surface area contributed by atoms with Crippen molar-refractivity contribution < 1.29 is 0 Å². The van der Waals surface area contributed by atoms with Crippen molar-refractivity contribution in [1.29, 1.82) is 0 Å². The fraction of sp³-hybridized carbons (Fsp3) is 0.467. The molecule has 0 spiro atoms. The van der Waals surface area contributed by atoms with Gasteiger partial charge in [-0.05, 0) is 49.5 Å². The first-order valence-electron chi connectivity index (χ1n) is 6.45. The van der Waals surface area contributed by atoms with Gasteiger partial charge >= 0.3 is 0 Å². The number of piperidine rings is 1. The molecule has 0 unspecified atom stereocenters. The Morgan fingerprint density at radius 2 is 1.88 bits per heavy atom. The van der Waals surface area contributed by atoms with Crippen LogP contribution in [0, 0.1) is 5.92 Å². The van der Waals surface area contributed by atoms with Gasteiger partial charge in [-0.15, -0.1) is 0 Å². The molecule has 1 heterocycles. The largest absolute Gasteiger partial charge is 0.330 e. The Balaban J connectivity index is 1.84. The summed E-state index contributed by atoms with van der Waals surface area (Å²) in [4.78, 5) is 2.49. The standard InChI is InChI=1S/C15H22N2/c1-13(15-5-3-2-4-6-15)12-17-9-7-14(11-16)8-10-17/h2-6,14H,1,7-12,16H2. The van der Waals surface area contributed by atoms with Gasteiger partial charge in [0.2, 0.25) is 0 Å². The van der Waals surface area contributed by atoms with Crippen molar-refractivity contribution in [3.8, 4) is 0 Å². The van der Waals surface area contributed by atoms with Crippen LogP contribution in [0.1, 0.15) is 18.4 Å². The molecule has 0 aromatic heterocycles. The topological polar surface area (TPSA) is 29.3 Å². The number of rotatable bonds is 4. The molecule has 1 fully saturated rings. The lowest BCUT2D eigenvalue weighted by Gasteiger charge is -2.31. The molecule has 1 aliphatic heterocycles. The maximum atomic E-state index is 5.70. The maximum Gasteiger partial charge on any atom is 0.0233 e. The van der Waals surface area contributed by atoms with Crippen LogP contribution in [0.5, 0.6) is 0 Å². The van der Waals surface area contributed by atoms with Gasteiger partial charge < -0.3 is 5.73 Å². The minimum atomic E-state index is 0.733. The quantitative estimate of drug-likeness (QED) is 0.860. The Morgan fingerprint density at radius 3 is 2.47 bits per heavy atom. The molecule has 2 rings (SSSR count). The first kappa shape index (κ1) is 12.3. The van der Waals surface area contributed by atoms with Gasteiger partial charge in [0, 0.05) is 6.54 Å². The summed E-state index contributed by atoms with van der Waals surface area (Å²) in [7, 11) is 0. The maximum absolute atomic E-state index is 5.70. The van der Waals surface area contributed by atoms with Crippen LogP contribution in [0.2, 0.25) is 0 Å². The van der Waals surface area contributed by atoms with Crippen molar-refractivity contribution in [3.63, 3.8) is 0 Å². The smallest absolute Gasteiger partial charge is 0.0233 e. The molecule has 2 heteroatoms. The van der Waals surface area contributed by atoms with Crippen LogP contribution >= 0.6 is 0 Å². The molecule has 1 saturated heterocycles. The van der Waals surface area contributed by atoms with Crippen LogP contribution < -0.4 is 5.73 Å². The summed E-state index contributed by atoms with van der Waals surface area (Å²) in [5.74, 6) is 0.733. The van der Waals surface area contributed by atoms with E-state index in [0.29, 0.717) is 0 Å². The summed E-state index contributed by atoms with van der Waals surface area (Å²) < 4.78 is 0. The van der Waals surface area contributed by atoms with E-state index in [9.17, 15) is 0 Å². The summed E-state index contributed by atoms with van der Waals surface area (Å²) in [6.45, 7) is 8.34. The van der Waals surface area contributed by atoms with Gasteiger partial charge in [-0.25, -0.2) is 0 Å². The lowest BCUT2D eigenvalue weighted by molar-refractivity contribution is 0.207. The van der Waals surface area contributed by atoms with E-state index in [1.165, 1.54) is 24.0 Å². The monoisotopic (exact) mass is 230 g/mol. The lowest BCUT2D eigenvalue weighted by atomic mass is 9.96. The molecule has 0 bridgehead atoms. The van der Waals surface area contributed by atoms with Crippen molar-refractivity contribution in [2.75, 3.05) is 26.2 Å². The fourth-order valence-corrected chi connectivity index (χ4v) is 2.42. The van der Waals surface area contributed by atoms with Crippen LogP contribution in [-0.2, 0) is 0 Å². The van der Waals surface area contributed by atoms with E-state index in [-0.39, 0.29) is 0 Å². The Morgan fingerprint density at radius 1 is 1.24 bits per heavy atom. The molecule has 1 aromatic rings. The number of hydrogen-bond donors (Lipinski definition) is 1. The third-order valence-corrected chi connectivity index (χ3v) is 3.64. The summed E-state index contributed by atoms with van der Waals surface area (Å²) in [5, 5.41) is 0. The molecule has 1 aromatic carbocycles. The normalized spacial score (nSPS) is 18.2. The second kappa shape index (κ2) is 5.99. The van der Waals surface area contributed by atoms with Crippen molar-refractivity contribution in [3.05, 3.63) is 42.5 Å². The van der Waals surface area contributed by atoms with Gasteiger partial charge in [0.15, 0.2) is 0 Å². The number of nitrogens with zero attached hydrogens (tertiary/aromatic N) is 1. The molecular formula is C15H22N2. The van der Waals surface area contributed by atoms with E-state index in [1.807, 2.05) is 6.07 Å². The average molecular weight is 230 g/mol. The highest BCUT2D eigenvalue weighted by molar-refractivity contribution is 5.64. The molecular weight excluding hydrogens is 208 g/mol. The summed E-state index contributed by atoms with van der Waals surface area (Å²) in [6, 6.07) is 10.5. The first-order chi connectivity index (χ1) is 8.29. The molecule has 92 valence electrons. The number of nitrogens with two attached hydrogens (primary N) is 1. The molecule has 17 heavy (non-hydrogen) atoms. The summed E-state index contributed by atoms with van der Waals surface area (Å²) in [6.07, 6.45) is 2.47. The fourth-order valence-electron chi connectivity index (χ4n) is 2.42. The average Bonchev–Trinajstić information content (AvgIpc) is 2.40. The minimum Gasteiger partial charge on any atom is -0.330 e. The first-order valence-corrected chi connectivity index (χ1v) is 6.45. The SMILES string of the molecule is C=C(CN1CCC(CN)CC1)c1ccccc1. The Bertz CT molecular complexity index is 350. The Labute approximate surface area is 104 Å². The van der Waals surface area contributed by atoms with E-state index < -0.39 is 0 Å². The van der Waals surface area contributed by atoms with Crippen LogP contribution in [0.25, 0.3) is 5.57 Å². The third-order valence-electron chi connectivity index (χ3n) is 3.64. The van der Waals surface area contributed by atoms with E-state index in [1.54, 1.807) is 0 Å². The van der Waals surface area contributed by atoms with Gasteiger partial charge in [0.05, 0.1) is 0 Å². The van der Waals surface area contributed by atoms with Crippen molar-refractivity contribution >= 4 is 5.57 Å². The van der Waals surface area contributed by atoms with E-state index in [4.69, 9.17) is 5.73 Å². The molecule has 2 N–H and O–H groups in total. The minimum absolute atomic E-state index is 0.733. The molecule has 2 nitrogen and oxygen atoms in total. The predicted molar refractivity (Wildman–Crippen MR) is 73.7 cm³/mol. The van der Waals surface area contributed by atoms with Crippen molar-refractivity contribution in [1.82, 2.24) is 4.90 Å². The number of benzene rings is 1. The second-order valence-electron chi connectivity index (χ2n) is 4.92. The van der Waals surface area contributed by atoms with Crippen molar-refractivity contribution in [2.45, 2.75) is 12.8 Å². The zero-order valence-corrected chi connectivity index (χ0v) is 10.4. The van der Waals surface area contributed by atoms with Gasteiger partial charge in [-0.3, -0.25) is 4.90 Å². The molecule has 0 amide bonds. The second-order valence-corrected chi connectivity index (χ2v) is 4.92. The molecule has 0 radical (unpaired) electrons. The molecule has 1 aliphatic rings. The zero-order chi connectivity index (χ0) is 12.1. The van der Waals surface area contributed by atoms with E-state index in [0.717, 1.165) is 32.1 Å². The number of hydrogen-bond acceptors (Lipinski definition) is 2. The zero-order valence-electron chi connectivity index (χ0n) is 10.4. The van der Waals surface area contributed by atoms with Gasteiger partial charge in [0.1, 0.15) is 0 Å². The van der Waals surface area contributed by atoms with Gasteiger partial charge in [0.25, 0.3) is 0 Å². The molecule has 0 aliphatic carbocycles. The summed E-state index contributed by atoms with van der Waals surface area (Å²) >= 11 is 0. The summed E-state index contributed by atoms with van der Waals surface area (Å²) in [5.41, 5.74) is 8.18. The Kier molecular flexibility index (Phi) is 4.35. The molecule has 0 atom stereocenters. The van der Waals surface area contributed by atoms with Crippen molar-refractivity contribution in [2.24, 2.45) is 11.7 Å². The highest BCUT2D eigenvalue weighted by Crippen LogP contribution is 2.19.